The number of methoxy groups -OCH3 is 2. The Hall–Kier alpha value is -3.54. The molecule has 0 saturated carbocycles. The highest BCUT2D eigenvalue weighted by Gasteiger charge is 2.23. The number of fused-ring (bicyclic) bond motifs is 1. The van der Waals surface area contributed by atoms with Gasteiger partial charge in [0, 0.05) is 12.1 Å². The highest BCUT2D eigenvalue weighted by atomic mass is 16.5. The van der Waals surface area contributed by atoms with Crippen LogP contribution in [0.4, 0.5) is 0 Å². The highest BCUT2D eigenvalue weighted by molar-refractivity contribution is 5.88. The molecule has 1 N–H and O–H groups in total. The molecule has 162 valence electrons. The van der Waals surface area contributed by atoms with Crippen molar-refractivity contribution in [1.82, 2.24) is 5.32 Å². The molecule has 3 aromatic rings. The molecule has 1 amide bonds. The monoisotopic (exact) mass is 421 g/mol. The van der Waals surface area contributed by atoms with Crippen LogP contribution >= 0.6 is 0 Å². The molecule has 6 nitrogen and oxygen atoms in total. The summed E-state index contributed by atoms with van der Waals surface area (Å²) in [7, 11) is 3.21. The van der Waals surface area contributed by atoms with Crippen LogP contribution in [0.3, 0.4) is 0 Å². The molecule has 6 heteroatoms. The van der Waals surface area contributed by atoms with E-state index in [2.05, 4.69) is 5.32 Å². The molecule has 3 aromatic carbocycles. The average molecular weight is 421 g/mol. The van der Waals surface area contributed by atoms with Gasteiger partial charge in [-0.3, -0.25) is 9.59 Å². The van der Waals surface area contributed by atoms with Gasteiger partial charge in [-0.25, -0.2) is 0 Å². The fourth-order valence-electron chi connectivity index (χ4n) is 3.28. The first kappa shape index (κ1) is 22.2. The van der Waals surface area contributed by atoms with Gasteiger partial charge >= 0.3 is 5.97 Å². The van der Waals surface area contributed by atoms with Gasteiger partial charge in [0.25, 0.3) is 5.91 Å². The van der Waals surface area contributed by atoms with Crippen molar-refractivity contribution >= 4 is 22.6 Å². The van der Waals surface area contributed by atoms with Gasteiger partial charge in [0.15, 0.2) is 6.10 Å². The lowest BCUT2D eigenvalue weighted by atomic mass is 9.98. The van der Waals surface area contributed by atoms with Gasteiger partial charge in [0.05, 0.1) is 20.1 Å². The molecule has 0 fully saturated rings. The Morgan fingerprint density at radius 1 is 0.903 bits per heavy atom. The maximum Gasteiger partial charge on any atom is 0.313 e. The van der Waals surface area contributed by atoms with Crippen molar-refractivity contribution in [3.8, 4) is 11.5 Å². The van der Waals surface area contributed by atoms with Crippen molar-refractivity contribution in [2.45, 2.75) is 32.4 Å². The first-order valence-corrected chi connectivity index (χ1v) is 10.1. The first-order chi connectivity index (χ1) is 14.9. The molecule has 0 unspecified atom stereocenters. The largest absolute Gasteiger partial charge is 0.497 e. The van der Waals surface area contributed by atoms with E-state index in [0.717, 1.165) is 27.6 Å². The minimum absolute atomic E-state index is 0.286. The molecule has 0 aliphatic heterocycles. The quantitative estimate of drug-likeness (QED) is 0.552. The van der Waals surface area contributed by atoms with Gasteiger partial charge in [-0.2, -0.15) is 0 Å². The molecular weight excluding hydrogens is 394 g/mol. The highest BCUT2D eigenvalue weighted by Crippen LogP contribution is 2.26. The lowest BCUT2D eigenvalue weighted by Crippen LogP contribution is -2.36. The molecule has 0 saturated heterocycles. The van der Waals surface area contributed by atoms with Crippen molar-refractivity contribution in [2.24, 2.45) is 0 Å². The van der Waals surface area contributed by atoms with Gasteiger partial charge in [0.1, 0.15) is 11.5 Å². The van der Waals surface area contributed by atoms with Crippen molar-refractivity contribution in [1.29, 1.82) is 0 Å². The van der Waals surface area contributed by atoms with E-state index in [1.165, 1.54) is 0 Å². The smallest absolute Gasteiger partial charge is 0.313 e. The summed E-state index contributed by atoms with van der Waals surface area (Å²) in [6, 6.07) is 19.0. The van der Waals surface area contributed by atoms with E-state index < -0.39 is 18.0 Å². The van der Waals surface area contributed by atoms with Crippen LogP contribution in [0.5, 0.6) is 11.5 Å². The summed E-state index contributed by atoms with van der Waals surface area (Å²) in [5, 5.41) is 4.81. The van der Waals surface area contributed by atoms with Crippen molar-refractivity contribution in [3.63, 3.8) is 0 Å². The number of rotatable bonds is 8. The molecule has 0 spiro atoms. The number of carbonyl (C=O) groups is 2. The van der Waals surface area contributed by atoms with Gasteiger partial charge < -0.3 is 19.5 Å². The average Bonchev–Trinajstić information content (AvgIpc) is 2.81. The molecule has 0 heterocycles. The second-order valence-electron chi connectivity index (χ2n) is 7.30. The minimum atomic E-state index is -0.908. The molecule has 3 rings (SSSR count). The molecular formula is C25H27NO5. The number of ether oxygens (including phenoxy) is 3. The summed E-state index contributed by atoms with van der Waals surface area (Å²) in [5.74, 6) is 0.150. The maximum atomic E-state index is 12.6. The van der Waals surface area contributed by atoms with Gasteiger partial charge in [-0.15, -0.1) is 0 Å². The Labute approximate surface area is 182 Å². The summed E-state index contributed by atoms with van der Waals surface area (Å²) in [4.78, 5) is 25.0. The molecule has 0 aliphatic carbocycles. The SMILES string of the molecule is COc1ccc2cc([C@H](C)C(=O)O[C@H](C)C(=O)NCc3ccccc3OC)ccc2c1. The number of hydrogen-bond donors (Lipinski definition) is 1. The number of benzene rings is 3. The Morgan fingerprint density at radius 3 is 2.35 bits per heavy atom. The van der Waals surface area contributed by atoms with Crippen LogP contribution in [-0.4, -0.2) is 32.2 Å². The van der Waals surface area contributed by atoms with Gasteiger partial charge in [0.2, 0.25) is 0 Å². The van der Waals surface area contributed by atoms with E-state index in [1.54, 1.807) is 28.1 Å². The van der Waals surface area contributed by atoms with Crippen LogP contribution in [0.2, 0.25) is 0 Å². The zero-order chi connectivity index (χ0) is 22.4. The summed E-state index contributed by atoms with van der Waals surface area (Å²) < 4.78 is 15.9. The van der Waals surface area contributed by atoms with E-state index in [-0.39, 0.29) is 12.5 Å². The first-order valence-electron chi connectivity index (χ1n) is 10.1. The normalized spacial score (nSPS) is 12.6. The summed E-state index contributed by atoms with van der Waals surface area (Å²) in [6.45, 7) is 3.62. The van der Waals surface area contributed by atoms with Gasteiger partial charge in [-0.05, 0) is 48.4 Å². The van der Waals surface area contributed by atoms with Crippen LogP contribution in [0.15, 0.2) is 60.7 Å². The molecule has 0 aromatic heterocycles. The minimum Gasteiger partial charge on any atom is -0.497 e. The topological polar surface area (TPSA) is 73.9 Å². The van der Waals surface area contributed by atoms with Crippen LogP contribution in [-0.2, 0) is 20.9 Å². The zero-order valence-electron chi connectivity index (χ0n) is 18.2. The Balaban J connectivity index is 1.60. The molecule has 0 radical (unpaired) electrons. The second kappa shape index (κ2) is 9.98. The van der Waals surface area contributed by atoms with Gasteiger partial charge in [-0.1, -0.05) is 42.5 Å². The third-order valence-electron chi connectivity index (χ3n) is 5.23. The Morgan fingerprint density at radius 2 is 1.61 bits per heavy atom. The number of carbonyl (C=O) groups excluding carboxylic acids is 2. The number of hydrogen-bond acceptors (Lipinski definition) is 5. The van der Waals surface area contributed by atoms with Crippen LogP contribution in [0.1, 0.15) is 30.9 Å². The molecule has 0 bridgehead atoms. The Bertz CT molecular complexity index is 1080. The van der Waals surface area contributed by atoms with Crippen LogP contribution < -0.4 is 14.8 Å². The number of para-hydroxylation sites is 1. The molecule has 31 heavy (non-hydrogen) atoms. The predicted octanol–water partition coefficient (Wildman–Crippen LogP) is 4.21. The third kappa shape index (κ3) is 5.34. The predicted molar refractivity (Wildman–Crippen MR) is 119 cm³/mol. The fraction of sp³-hybridized carbons (Fsp3) is 0.280. The number of nitrogens with one attached hydrogen (secondary N) is 1. The third-order valence-corrected chi connectivity index (χ3v) is 5.23. The van der Waals surface area contributed by atoms with Crippen LogP contribution in [0.25, 0.3) is 10.8 Å². The standard InChI is InChI=1S/C25H27NO5/c1-16(18-9-10-20-14-22(29-3)12-11-19(20)13-18)25(28)31-17(2)24(27)26-15-21-7-5-6-8-23(21)30-4/h5-14,16-17H,15H2,1-4H3,(H,26,27)/t16-,17+/m0/s1. The molecule has 0 aliphatic rings. The summed E-state index contributed by atoms with van der Waals surface area (Å²) >= 11 is 0. The summed E-state index contributed by atoms with van der Waals surface area (Å²) in [6.07, 6.45) is -0.908. The Kier molecular flexibility index (Phi) is 7.13. The lowest BCUT2D eigenvalue weighted by molar-refractivity contribution is -0.156. The number of amides is 1. The molecule has 2 atom stereocenters. The lowest BCUT2D eigenvalue weighted by Gasteiger charge is -2.18. The van der Waals surface area contributed by atoms with E-state index in [1.807, 2.05) is 60.7 Å². The van der Waals surface area contributed by atoms with Crippen molar-refractivity contribution in [3.05, 3.63) is 71.8 Å². The van der Waals surface area contributed by atoms with Crippen LogP contribution in [0, 0.1) is 0 Å². The maximum absolute atomic E-state index is 12.6. The van der Waals surface area contributed by atoms with E-state index in [9.17, 15) is 9.59 Å². The second-order valence-corrected chi connectivity index (χ2v) is 7.30. The van der Waals surface area contributed by atoms with E-state index >= 15 is 0 Å². The van der Waals surface area contributed by atoms with Crippen molar-refractivity contribution < 1.29 is 23.8 Å². The van der Waals surface area contributed by atoms with E-state index in [4.69, 9.17) is 14.2 Å². The van der Waals surface area contributed by atoms with E-state index in [0.29, 0.717) is 5.75 Å². The summed E-state index contributed by atoms with van der Waals surface area (Å²) in [5.41, 5.74) is 1.67. The zero-order valence-corrected chi connectivity index (χ0v) is 18.2. The fourth-order valence-corrected chi connectivity index (χ4v) is 3.28. The number of esters is 1. The van der Waals surface area contributed by atoms with Crippen molar-refractivity contribution in [2.75, 3.05) is 14.2 Å².